The Morgan fingerprint density at radius 3 is 1.88 bits per heavy atom. The van der Waals surface area contributed by atoms with E-state index in [0.29, 0.717) is 5.41 Å². The molecule has 0 N–H and O–H groups in total. The van der Waals surface area contributed by atoms with Crippen molar-refractivity contribution >= 4 is 5.57 Å². The van der Waals surface area contributed by atoms with Crippen LogP contribution in [0.2, 0.25) is 0 Å². The number of hydrogen-bond acceptors (Lipinski definition) is 0. The number of benzene rings is 2. The summed E-state index contributed by atoms with van der Waals surface area (Å²) in [6.45, 7) is 9.27. The summed E-state index contributed by atoms with van der Waals surface area (Å²) < 4.78 is 0. The first-order valence-electron chi connectivity index (χ1n) is 14.6. The number of aryl methyl sites for hydroxylation is 2. The molecule has 2 aromatic rings. The summed E-state index contributed by atoms with van der Waals surface area (Å²) >= 11 is 0. The van der Waals surface area contributed by atoms with Crippen molar-refractivity contribution in [3.8, 4) is 11.1 Å². The minimum atomic E-state index is 0.339. The van der Waals surface area contributed by atoms with Crippen LogP contribution in [0.15, 0.2) is 36.4 Å². The van der Waals surface area contributed by atoms with Crippen molar-refractivity contribution in [2.45, 2.75) is 129 Å². The van der Waals surface area contributed by atoms with Gasteiger partial charge in [0.25, 0.3) is 0 Å². The molecular formula is C34H48. The molecule has 0 nitrogen and oxygen atoms in total. The topological polar surface area (TPSA) is 0 Å². The smallest absolute Gasteiger partial charge is 0.000322 e. The minimum Gasteiger partial charge on any atom is -0.0751 e. The second kappa shape index (κ2) is 11.7. The van der Waals surface area contributed by atoms with E-state index in [-0.39, 0.29) is 0 Å². The summed E-state index contributed by atoms with van der Waals surface area (Å²) in [4.78, 5) is 0. The molecule has 34 heavy (non-hydrogen) atoms. The Balaban J connectivity index is 1.61. The van der Waals surface area contributed by atoms with Gasteiger partial charge in [0, 0.05) is 0 Å². The van der Waals surface area contributed by atoms with Gasteiger partial charge in [-0.25, -0.2) is 0 Å². The maximum Gasteiger partial charge on any atom is -0.000322 e. The van der Waals surface area contributed by atoms with E-state index in [0.717, 1.165) is 0 Å². The van der Waals surface area contributed by atoms with Crippen LogP contribution in [0.3, 0.4) is 0 Å². The van der Waals surface area contributed by atoms with Gasteiger partial charge in [0.1, 0.15) is 0 Å². The van der Waals surface area contributed by atoms with Crippen molar-refractivity contribution in [3.05, 3.63) is 64.2 Å². The molecule has 0 atom stereocenters. The van der Waals surface area contributed by atoms with Crippen LogP contribution in [0.5, 0.6) is 0 Å². The highest BCUT2D eigenvalue weighted by molar-refractivity contribution is 6.03. The molecule has 0 unspecified atom stereocenters. The summed E-state index contributed by atoms with van der Waals surface area (Å²) in [6.07, 6.45) is 23.3. The fraction of sp³-hybridized carbons (Fsp3) is 0.588. The van der Waals surface area contributed by atoms with Crippen molar-refractivity contribution in [2.75, 3.05) is 0 Å². The number of hydrogen-bond donors (Lipinski definition) is 0. The largest absolute Gasteiger partial charge is 0.0751 e. The monoisotopic (exact) mass is 456 g/mol. The van der Waals surface area contributed by atoms with Gasteiger partial charge in [-0.2, -0.15) is 0 Å². The summed E-state index contributed by atoms with van der Waals surface area (Å²) in [5, 5.41) is 0. The van der Waals surface area contributed by atoms with Crippen LogP contribution in [0.1, 0.15) is 138 Å². The molecule has 2 aliphatic rings. The van der Waals surface area contributed by atoms with Crippen LogP contribution in [0.4, 0.5) is 0 Å². The molecule has 0 heterocycles. The highest BCUT2D eigenvalue weighted by Crippen LogP contribution is 2.56. The molecule has 0 saturated heterocycles. The lowest BCUT2D eigenvalue weighted by atomic mass is 9.64. The third-order valence-corrected chi connectivity index (χ3v) is 8.68. The van der Waals surface area contributed by atoms with Crippen LogP contribution in [0.25, 0.3) is 16.7 Å². The van der Waals surface area contributed by atoms with Crippen molar-refractivity contribution in [3.63, 3.8) is 0 Å². The lowest BCUT2D eigenvalue weighted by Gasteiger charge is -2.40. The third-order valence-electron chi connectivity index (χ3n) is 8.68. The Labute approximate surface area is 210 Å². The van der Waals surface area contributed by atoms with Gasteiger partial charge in [0.05, 0.1) is 0 Å². The van der Waals surface area contributed by atoms with Gasteiger partial charge in [-0.3, -0.25) is 0 Å². The Hall–Kier alpha value is -1.82. The first-order valence-corrected chi connectivity index (χ1v) is 14.6. The SMILES string of the molecule is CCCCCCCCC1(CCCCCCCC)CC=C2c3cc(C)ccc3-c3ccc(C)c1c32. The highest BCUT2D eigenvalue weighted by Gasteiger charge is 2.41. The number of fused-ring (bicyclic) bond motifs is 3. The van der Waals surface area contributed by atoms with E-state index >= 15 is 0 Å². The number of allylic oxidation sites excluding steroid dienone is 1. The van der Waals surface area contributed by atoms with E-state index in [1.54, 1.807) is 11.1 Å². The van der Waals surface area contributed by atoms with E-state index in [9.17, 15) is 0 Å². The number of unbranched alkanes of at least 4 members (excludes halogenated alkanes) is 10. The molecule has 0 fully saturated rings. The molecular weight excluding hydrogens is 408 g/mol. The Morgan fingerprint density at radius 1 is 0.647 bits per heavy atom. The molecule has 2 aromatic carbocycles. The van der Waals surface area contributed by atoms with E-state index in [4.69, 9.17) is 0 Å². The standard InChI is InChI=1S/C34H48/c1-5-7-9-11-13-15-22-34(23-16-14-12-10-8-6-2)24-21-30-31-25-26(3)17-19-28(31)29-20-18-27(4)33(34)32(29)30/h17-21,25H,5-16,22-24H2,1-4H3. The summed E-state index contributed by atoms with van der Waals surface area (Å²) in [5.74, 6) is 0. The second-order valence-electron chi connectivity index (χ2n) is 11.4. The summed E-state index contributed by atoms with van der Waals surface area (Å²) in [7, 11) is 0. The number of rotatable bonds is 14. The quantitative estimate of drug-likeness (QED) is 0.212. The van der Waals surface area contributed by atoms with Gasteiger partial charge in [-0.15, -0.1) is 0 Å². The lowest BCUT2D eigenvalue weighted by Crippen LogP contribution is -2.30. The molecule has 0 aromatic heterocycles. The van der Waals surface area contributed by atoms with Crippen LogP contribution < -0.4 is 0 Å². The van der Waals surface area contributed by atoms with Crippen molar-refractivity contribution in [1.82, 2.24) is 0 Å². The molecule has 4 rings (SSSR count). The Morgan fingerprint density at radius 2 is 1.24 bits per heavy atom. The predicted molar refractivity (Wildman–Crippen MR) is 151 cm³/mol. The van der Waals surface area contributed by atoms with Gasteiger partial charge in [-0.05, 0) is 77.5 Å². The zero-order chi connectivity index (χ0) is 24.0. The normalized spacial score (nSPS) is 15.2. The third kappa shape index (κ3) is 5.22. The molecule has 0 heteroatoms. The van der Waals surface area contributed by atoms with Crippen LogP contribution in [0, 0.1) is 13.8 Å². The average molecular weight is 457 g/mol. The lowest BCUT2D eigenvalue weighted by molar-refractivity contribution is 0.330. The minimum absolute atomic E-state index is 0.339. The van der Waals surface area contributed by atoms with Gasteiger partial charge in [0.2, 0.25) is 0 Å². The van der Waals surface area contributed by atoms with Crippen LogP contribution in [-0.4, -0.2) is 0 Å². The second-order valence-corrected chi connectivity index (χ2v) is 11.4. The predicted octanol–water partition coefficient (Wildman–Crippen LogP) is 10.9. The maximum atomic E-state index is 2.64. The molecule has 0 spiro atoms. The molecule has 0 saturated carbocycles. The first-order chi connectivity index (χ1) is 16.6. The van der Waals surface area contributed by atoms with E-state index in [1.165, 1.54) is 130 Å². The zero-order valence-electron chi connectivity index (χ0n) is 22.6. The zero-order valence-corrected chi connectivity index (χ0v) is 22.6. The Bertz CT molecular complexity index is 973. The average Bonchev–Trinajstić information content (AvgIpc) is 3.15. The fourth-order valence-corrected chi connectivity index (χ4v) is 6.82. The first kappa shape index (κ1) is 25.3. The van der Waals surface area contributed by atoms with Crippen LogP contribution in [-0.2, 0) is 5.41 Å². The van der Waals surface area contributed by atoms with E-state index in [2.05, 4.69) is 64.1 Å². The molecule has 0 bridgehead atoms. The van der Waals surface area contributed by atoms with Gasteiger partial charge >= 0.3 is 0 Å². The highest BCUT2D eigenvalue weighted by atomic mass is 14.4. The molecule has 184 valence electrons. The van der Waals surface area contributed by atoms with Gasteiger partial charge in [-0.1, -0.05) is 133 Å². The Kier molecular flexibility index (Phi) is 8.73. The van der Waals surface area contributed by atoms with Gasteiger partial charge < -0.3 is 0 Å². The fourth-order valence-electron chi connectivity index (χ4n) is 6.82. The van der Waals surface area contributed by atoms with Gasteiger partial charge in [0.15, 0.2) is 0 Å². The maximum absolute atomic E-state index is 2.64. The molecule has 0 amide bonds. The molecule has 2 aliphatic carbocycles. The summed E-state index contributed by atoms with van der Waals surface area (Å²) in [6, 6.07) is 11.9. The van der Waals surface area contributed by atoms with E-state index < -0.39 is 0 Å². The van der Waals surface area contributed by atoms with Crippen molar-refractivity contribution in [2.24, 2.45) is 0 Å². The van der Waals surface area contributed by atoms with Crippen molar-refractivity contribution < 1.29 is 0 Å². The van der Waals surface area contributed by atoms with Crippen LogP contribution >= 0.6 is 0 Å². The van der Waals surface area contributed by atoms with Crippen molar-refractivity contribution in [1.29, 1.82) is 0 Å². The molecule has 0 aliphatic heterocycles. The van der Waals surface area contributed by atoms with E-state index in [1.807, 2.05) is 0 Å². The molecule has 0 radical (unpaired) electrons. The summed E-state index contributed by atoms with van der Waals surface area (Å²) in [5.41, 5.74) is 12.5.